The second-order valence-corrected chi connectivity index (χ2v) is 5.44. The van der Waals surface area contributed by atoms with Gasteiger partial charge in [0, 0.05) is 17.3 Å². The Morgan fingerprint density at radius 3 is 2.35 bits per heavy atom. The molecule has 0 fully saturated rings. The van der Waals surface area contributed by atoms with Crippen LogP contribution in [0.3, 0.4) is 0 Å². The number of hydrogen-bond donors (Lipinski definition) is 3. The molecule has 0 aromatic heterocycles. The van der Waals surface area contributed by atoms with E-state index in [0.717, 1.165) is 25.3 Å². The molecule has 1 amide bonds. The van der Waals surface area contributed by atoms with E-state index >= 15 is 0 Å². The largest absolute Gasteiger partial charge is 0.507 e. The van der Waals surface area contributed by atoms with Gasteiger partial charge in [0.15, 0.2) is 0 Å². The predicted molar refractivity (Wildman–Crippen MR) is 86.0 cm³/mol. The maximum absolute atomic E-state index is 13.1. The quantitative estimate of drug-likeness (QED) is 0.734. The topological polar surface area (TPSA) is 95.9 Å². The second kappa shape index (κ2) is 7.12. The van der Waals surface area contributed by atoms with Crippen molar-refractivity contribution in [2.45, 2.75) is 6.18 Å². The van der Waals surface area contributed by atoms with Crippen LogP contribution in [-0.2, 0) is 6.18 Å². The van der Waals surface area contributed by atoms with Crippen molar-refractivity contribution in [3.63, 3.8) is 0 Å². The summed E-state index contributed by atoms with van der Waals surface area (Å²) in [5.74, 6) is -3.54. The van der Waals surface area contributed by atoms with Crippen molar-refractivity contribution in [2.75, 3.05) is 12.4 Å². The maximum atomic E-state index is 13.1. The molecule has 0 radical (unpaired) electrons. The van der Waals surface area contributed by atoms with Gasteiger partial charge in [-0.1, -0.05) is 11.6 Å². The number of rotatable bonds is 4. The highest BCUT2D eigenvalue weighted by Gasteiger charge is 2.36. The van der Waals surface area contributed by atoms with Crippen LogP contribution in [0, 0.1) is 0 Å². The van der Waals surface area contributed by atoms with Crippen molar-refractivity contribution in [3.05, 3.63) is 52.0 Å². The monoisotopic (exact) mass is 389 g/mol. The van der Waals surface area contributed by atoms with Crippen LogP contribution in [0.4, 0.5) is 18.9 Å². The maximum Gasteiger partial charge on any atom is 0.420 e. The molecule has 0 saturated heterocycles. The Labute approximate surface area is 149 Å². The molecule has 0 saturated carbocycles. The number of halogens is 4. The Morgan fingerprint density at radius 2 is 1.85 bits per heavy atom. The minimum absolute atomic E-state index is 0.0157. The van der Waals surface area contributed by atoms with E-state index in [1.54, 1.807) is 0 Å². The minimum atomic E-state index is -4.80. The third-order valence-electron chi connectivity index (χ3n) is 3.30. The van der Waals surface area contributed by atoms with Crippen LogP contribution in [0.5, 0.6) is 11.5 Å². The molecule has 26 heavy (non-hydrogen) atoms. The first-order valence-electron chi connectivity index (χ1n) is 6.87. The lowest BCUT2D eigenvalue weighted by atomic mass is 10.1. The van der Waals surface area contributed by atoms with Crippen LogP contribution in [0.2, 0.25) is 5.02 Å². The number of alkyl halides is 3. The average Bonchev–Trinajstić information content (AvgIpc) is 2.52. The van der Waals surface area contributed by atoms with Crippen molar-refractivity contribution >= 4 is 29.2 Å². The van der Waals surface area contributed by atoms with Crippen LogP contribution in [0.25, 0.3) is 0 Å². The number of aromatic hydroxyl groups is 1. The van der Waals surface area contributed by atoms with Gasteiger partial charge in [-0.15, -0.1) is 0 Å². The fraction of sp³-hybridized carbons (Fsp3) is 0.125. The molecular weight excluding hydrogens is 379 g/mol. The highest BCUT2D eigenvalue weighted by atomic mass is 35.5. The summed E-state index contributed by atoms with van der Waals surface area (Å²) in [7, 11) is 1.02. The molecule has 138 valence electrons. The third kappa shape index (κ3) is 3.99. The fourth-order valence-corrected chi connectivity index (χ4v) is 2.43. The molecule has 0 spiro atoms. The van der Waals surface area contributed by atoms with Crippen LogP contribution in [0.15, 0.2) is 30.3 Å². The standard InChI is InChI=1S/C16H11ClF3NO5/c1-26-13-10(16(18,19)20)4-7(5-11(13)17)14(23)21-8-2-3-9(15(24)25)12(22)6-8/h2-6,22H,1H3,(H,21,23)(H,24,25). The molecule has 0 atom stereocenters. The number of benzene rings is 2. The van der Waals surface area contributed by atoms with Gasteiger partial charge in [0.1, 0.15) is 17.1 Å². The van der Waals surface area contributed by atoms with Crippen molar-refractivity contribution in [3.8, 4) is 11.5 Å². The summed E-state index contributed by atoms with van der Waals surface area (Å²) in [5, 5.41) is 20.3. The van der Waals surface area contributed by atoms with Gasteiger partial charge >= 0.3 is 12.1 Å². The SMILES string of the molecule is COc1c(Cl)cc(C(=O)Nc2ccc(C(=O)O)c(O)c2)cc1C(F)(F)F. The Morgan fingerprint density at radius 1 is 1.19 bits per heavy atom. The number of phenols is 1. The van der Waals surface area contributed by atoms with Crippen LogP contribution in [0.1, 0.15) is 26.3 Å². The predicted octanol–water partition coefficient (Wildman–Crippen LogP) is 4.02. The van der Waals surface area contributed by atoms with E-state index in [1.165, 1.54) is 6.07 Å². The Hall–Kier alpha value is -2.94. The minimum Gasteiger partial charge on any atom is -0.507 e. The number of carboxylic acids is 1. The molecule has 2 aromatic rings. The Kier molecular flexibility index (Phi) is 5.31. The summed E-state index contributed by atoms with van der Waals surface area (Å²) >= 11 is 5.76. The van der Waals surface area contributed by atoms with Crippen molar-refractivity contribution in [2.24, 2.45) is 0 Å². The summed E-state index contributed by atoms with van der Waals surface area (Å²) in [5.41, 5.74) is -2.03. The summed E-state index contributed by atoms with van der Waals surface area (Å²) < 4.78 is 43.9. The van der Waals surface area contributed by atoms with Crippen molar-refractivity contribution in [1.82, 2.24) is 0 Å². The molecule has 0 aliphatic carbocycles. The smallest absolute Gasteiger partial charge is 0.420 e. The van der Waals surface area contributed by atoms with E-state index in [4.69, 9.17) is 16.7 Å². The Balaban J connectivity index is 2.37. The zero-order chi connectivity index (χ0) is 19.6. The number of nitrogens with one attached hydrogen (secondary N) is 1. The van der Waals surface area contributed by atoms with E-state index in [2.05, 4.69) is 10.1 Å². The molecule has 10 heteroatoms. The van der Waals surface area contributed by atoms with Gasteiger partial charge in [-0.05, 0) is 24.3 Å². The van der Waals surface area contributed by atoms with Gasteiger partial charge in [0.05, 0.1) is 17.7 Å². The van der Waals surface area contributed by atoms with Gasteiger partial charge in [-0.2, -0.15) is 13.2 Å². The van der Waals surface area contributed by atoms with Gasteiger partial charge < -0.3 is 20.3 Å². The molecule has 2 aromatic carbocycles. The van der Waals surface area contributed by atoms with E-state index in [9.17, 15) is 27.9 Å². The number of carbonyl (C=O) groups excluding carboxylic acids is 1. The first-order valence-corrected chi connectivity index (χ1v) is 7.24. The molecule has 0 unspecified atom stereocenters. The number of amides is 1. The number of hydrogen-bond acceptors (Lipinski definition) is 4. The van der Waals surface area contributed by atoms with E-state index < -0.39 is 51.3 Å². The average molecular weight is 390 g/mol. The normalized spacial score (nSPS) is 11.1. The van der Waals surface area contributed by atoms with Gasteiger partial charge in [-0.3, -0.25) is 4.79 Å². The third-order valence-corrected chi connectivity index (χ3v) is 3.58. The summed E-state index contributed by atoms with van der Waals surface area (Å²) in [6.07, 6.45) is -4.80. The lowest BCUT2D eigenvalue weighted by Crippen LogP contribution is -2.15. The van der Waals surface area contributed by atoms with Crippen LogP contribution < -0.4 is 10.1 Å². The number of aromatic carboxylic acids is 1. The number of carbonyl (C=O) groups is 2. The number of anilines is 1. The van der Waals surface area contributed by atoms with Gasteiger partial charge in [-0.25, -0.2) is 4.79 Å². The van der Waals surface area contributed by atoms with Gasteiger partial charge in [0.25, 0.3) is 5.91 Å². The molecule has 0 aliphatic heterocycles. The summed E-state index contributed by atoms with van der Waals surface area (Å²) in [4.78, 5) is 23.0. The zero-order valence-corrected chi connectivity index (χ0v) is 13.8. The molecule has 2 rings (SSSR count). The molecule has 6 nitrogen and oxygen atoms in total. The Bertz CT molecular complexity index is 883. The van der Waals surface area contributed by atoms with Crippen molar-refractivity contribution in [1.29, 1.82) is 0 Å². The zero-order valence-electron chi connectivity index (χ0n) is 13.0. The highest BCUT2D eigenvalue weighted by Crippen LogP contribution is 2.41. The number of ether oxygens (including phenoxy) is 1. The number of methoxy groups -OCH3 is 1. The van der Waals surface area contributed by atoms with E-state index in [1.807, 2.05) is 0 Å². The summed E-state index contributed by atoms with van der Waals surface area (Å²) in [6, 6.07) is 4.74. The van der Waals surface area contributed by atoms with Crippen LogP contribution >= 0.6 is 11.6 Å². The summed E-state index contributed by atoms with van der Waals surface area (Å²) in [6.45, 7) is 0. The molecule has 0 heterocycles. The highest BCUT2D eigenvalue weighted by molar-refractivity contribution is 6.32. The molecular formula is C16H11ClF3NO5. The molecule has 0 bridgehead atoms. The van der Waals surface area contributed by atoms with Crippen molar-refractivity contribution < 1.29 is 37.7 Å². The second-order valence-electron chi connectivity index (χ2n) is 5.03. The van der Waals surface area contributed by atoms with E-state index in [0.29, 0.717) is 6.07 Å². The van der Waals surface area contributed by atoms with Gasteiger partial charge in [0.2, 0.25) is 0 Å². The van der Waals surface area contributed by atoms with E-state index in [-0.39, 0.29) is 5.69 Å². The lowest BCUT2D eigenvalue weighted by Gasteiger charge is -2.15. The fourth-order valence-electron chi connectivity index (χ4n) is 2.14. The lowest BCUT2D eigenvalue weighted by molar-refractivity contribution is -0.138. The number of carboxylic acid groups (broad SMARTS) is 1. The molecule has 0 aliphatic rings. The first-order chi connectivity index (χ1) is 12.0. The molecule has 3 N–H and O–H groups in total. The first kappa shape index (κ1) is 19.4. The van der Waals surface area contributed by atoms with Crippen LogP contribution in [-0.4, -0.2) is 29.2 Å².